The van der Waals surface area contributed by atoms with Crippen LogP contribution in [0.3, 0.4) is 0 Å². The summed E-state index contributed by atoms with van der Waals surface area (Å²) >= 11 is 5.87. The van der Waals surface area contributed by atoms with E-state index in [1.807, 2.05) is 12.1 Å². The van der Waals surface area contributed by atoms with Crippen LogP contribution in [0.5, 0.6) is 0 Å². The predicted octanol–water partition coefficient (Wildman–Crippen LogP) is 3.40. The number of piperidine rings is 1. The molecular formula is C12H16ClN. The van der Waals surface area contributed by atoms with Gasteiger partial charge in [0.1, 0.15) is 0 Å². The molecule has 1 fully saturated rings. The first kappa shape index (κ1) is 10.0. The van der Waals surface area contributed by atoms with Crippen molar-refractivity contribution in [2.24, 2.45) is 5.92 Å². The normalized spacial score (nSPS) is 27.6. The maximum atomic E-state index is 5.87. The molecule has 1 aliphatic rings. The van der Waals surface area contributed by atoms with Crippen molar-refractivity contribution in [1.29, 1.82) is 0 Å². The van der Waals surface area contributed by atoms with E-state index in [0.717, 1.165) is 17.5 Å². The Morgan fingerprint density at radius 1 is 1.29 bits per heavy atom. The molecule has 1 saturated heterocycles. The predicted molar refractivity (Wildman–Crippen MR) is 60.6 cm³/mol. The third-order valence-corrected chi connectivity index (χ3v) is 3.25. The maximum absolute atomic E-state index is 5.87. The van der Waals surface area contributed by atoms with Crippen molar-refractivity contribution in [2.45, 2.75) is 25.8 Å². The lowest BCUT2D eigenvalue weighted by Gasteiger charge is -2.30. The third-order valence-electron chi connectivity index (χ3n) is 3.00. The lowest BCUT2D eigenvalue weighted by Crippen LogP contribution is -2.32. The summed E-state index contributed by atoms with van der Waals surface area (Å²) in [5.41, 5.74) is 1.36. The molecule has 2 heteroatoms. The van der Waals surface area contributed by atoms with E-state index < -0.39 is 0 Å². The van der Waals surface area contributed by atoms with Crippen molar-refractivity contribution < 1.29 is 0 Å². The molecule has 76 valence electrons. The zero-order valence-electron chi connectivity index (χ0n) is 8.46. The Kier molecular flexibility index (Phi) is 3.09. The van der Waals surface area contributed by atoms with E-state index in [-0.39, 0.29) is 0 Å². The minimum absolute atomic E-state index is 0.515. The highest BCUT2D eigenvalue weighted by Gasteiger charge is 2.21. The van der Waals surface area contributed by atoms with Crippen molar-refractivity contribution in [1.82, 2.24) is 5.32 Å². The van der Waals surface area contributed by atoms with Crippen molar-refractivity contribution in [3.05, 3.63) is 34.9 Å². The Hall–Kier alpha value is -0.530. The molecule has 1 aliphatic heterocycles. The topological polar surface area (TPSA) is 12.0 Å². The Bertz CT molecular complexity index is 294. The van der Waals surface area contributed by atoms with Crippen molar-refractivity contribution in [3.8, 4) is 0 Å². The van der Waals surface area contributed by atoms with Crippen molar-refractivity contribution in [3.63, 3.8) is 0 Å². The number of hydrogen-bond donors (Lipinski definition) is 1. The molecule has 1 nitrogen and oxygen atoms in total. The Morgan fingerprint density at radius 3 is 2.64 bits per heavy atom. The molecule has 2 unspecified atom stereocenters. The second-order valence-corrected chi connectivity index (χ2v) is 4.54. The average Bonchev–Trinajstić information content (AvgIpc) is 2.20. The van der Waals surface area contributed by atoms with E-state index in [9.17, 15) is 0 Å². The second kappa shape index (κ2) is 4.33. The number of hydrogen-bond acceptors (Lipinski definition) is 1. The van der Waals surface area contributed by atoms with Gasteiger partial charge in [0.15, 0.2) is 0 Å². The van der Waals surface area contributed by atoms with E-state index >= 15 is 0 Å². The van der Waals surface area contributed by atoms with E-state index in [0.29, 0.717) is 6.04 Å². The summed E-state index contributed by atoms with van der Waals surface area (Å²) in [4.78, 5) is 0. The van der Waals surface area contributed by atoms with Gasteiger partial charge in [-0.15, -0.1) is 0 Å². The molecule has 0 radical (unpaired) electrons. The van der Waals surface area contributed by atoms with Gasteiger partial charge < -0.3 is 5.32 Å². The van der Waals surface area contributed by atoms with Crippen LogP contribution in [0.2, 0.25) is 5.02 Å². The highest BCUT2D eigenvalue weighted by molar-refractivity contribution is 6.30. The van der Waals surface area contributed by atoms with Gasteiger partial charge in [0.05, 0.1) is 0 Å². The fourth-order valence-corrected chi connectivity index (χ4v) is 2.29. The quantitative estimate of drug-likeness (QED) is 0.748. The van der Waals surface area contributed by atoms with Crippen LogP contribution in [0.4, 0.5) is 0 Å². The summed E-state index contributed by atoms with van der Waals surface area (Å²) in [6.45, 7) is 3.45. The number of benzene rings is 1. The Labute approximate surface area is 90.5 Å². The summed E-state index contributed by atoms with van der Waals surface area (Å²) in [5.74, 6) is 0.727. The van der Waals surface area contributed by atoms with Gasteiger partial charge in [-0.25, -0.2) is 0 Å². The third kappa shape index (κ3) is 2.10. The zero-order chi connectivity index (χ0) is 9.97. The van der Waals surface area contributed by atoms with Gasteiger partial charge >= 0.3 is 0 Å². The molecule has 14 heavy (non-hydrogen) atoms. The van der Waals surface area contributed by atoms with Gasteiger partial charge in [0.2, 0.25) is 0 Å². The summed E-state index contributed by atoms with van der Waals surface area (Å²) in [7, 11) is 0. The fraction of sp³-hybridized carbons (Fsp3) is 0.500. The molecule has 0 saturated carbocycles. The Morgan fingerprint density at radius 2 is 2.00 bits per heavy atom. The smallest absolute Gasteiger partial charge is 0.0406 e. The van der Waals surface area contributed by atoms with E-state index in [4.69, 9.17) is 11.6 Å². The first-order valence-corrected chi connectivity index (χ1v) is 5.64. The molecule has 0 amide bonds. The van der Waals surface area contributed by atoms with Gasteiger partial charge in [0, 0.05) is 11.1 Å². The lowest BCUT2D eigenvalue weighted by molar-refractivity contribution is 0.306. The molecule has 0 aromatic heterocycles. The fourth-order valence-electron chi connectivity index (χ4n) is 2.17. The first-order chi connectivity index (χ1) is 6.77. The highest BCUT2D eigenvalue weighted by atomic mass is 35.5. The average molecular weight is 210 g/mol. The molecule has 0 aliphatic carbocycles. The van der Waals surface area contributed by atoms with Gasteiger partial charge in [0.25, 0.3) is 0 Å². The van der Waals surface area contributed by atoms with Crippen LogP contribution in [0.25, 0.3) is 0 Å². The van der Waals surface area contributed by atoms with Crippen molar-refractivity contribution in [2.75, 3.05) is 6.54 Å². The highest BCUT2D eigenvalue weighted by Crippen LogP contribution is 2.29. The molecule has 2 atom stereocenters. The summed E-state index contributed by atoms with van der Waals surface area (Å²) in [5, 5.41) is 4.38. The minimum atomic E-state index is 0.515. The van der Waals surface area contributed by atoms with Crippen LogP contribution in [-0.4, -0.2) is 6.54 Å². The van der Waals surface area contributed by atoms with Crippen LogP contribution < -0.4 is 5.32 Å². The van der Waals surface area contributed by atoms with Gasteiger partial charge in [-0.05, 0) is 43.0 Å². The van der Waals surface area contributed by atoms with Crippen LogP contribution in [0, 0.1) is 5.92 Å². The zero-order valence-corrected chi connectivity index (χ0v) is 9.22. The first-order valence-electron chi connectivity index (χ1n) is 5.26. The lowest BCUT2D eigenvalue weighted by atomic mass is 9.88. The van der Waals surface area contributed by atoms with Gasteiger partial charge in [-0.2, -0.15) is 0 Å². The number of nitrogens with one attached hydrogen (secondary N) is 1. The number of halogens is 1. The van der Waals surface area contributed by atoms with Crippen LogP contribution in [-0.2, 0) is 0 Å². The molecule has 2 rings (SSSR count). The van der Waals surface area contributed by atoms with Crippen LogP contribution >= 0.6 is 11.6 Å². The minimum Gasteiger partial charge on any atom is -0.310 e. The molecule has 1 aromatic carbocycles. The maximum Gasteiger partial charge on any atom is 0.0406 e. The van der Waals surface area contributed by atoms with E-state index in [1.54, 1.807) is 0 Å². The van der Waals surface area contributed by atoms with Crippen LogP contribution in [0.15, 0.2) is 24.3 Å². The van der Waals surface area contributed by atoms with Crippen molar-refractivity contribution >= 4 is 11.6 Å². The Balaban J connectivity index is 2.16. The molecular weight excluding hydrogens is 194 g/mol. The second-order valence-electron chi connectivity index (χ2n) is 4.10. The molecule has 0 bridgehead atoms. The van der Waals surface area contributed by atoms with Gasteiger partial charge in [-0.3, -0.25) is 0 Å². The molecule has 1 heterocycles. The SMILES string of the molecule is CC1CCCNC1c1ccc(Cl)cc1. The summed E-state index contributed by atoms with van der Waals surface area (Å²) in [6.07, 6.45) is 2.62. The molecule has 1 aromatic rings. The standard InChI is InChI=1S/C12H16ClN/c1-9-3-2-8-14-12(9)10-4-6-11(13)7-5-10/h4-7,9,12,14H,2-3,8H2,1H3. The molecule has 0 spiro atoms. The van der Waals surface area contributed by atoms with Gasteiger partial charge in [-0.1, -0.05) is 30.7 Å². The summed E-state index contributed by atoms with van der Waals surface area (Å²) in [6, 6.07) is 8.71. The largest absolute Gasteiger partial charge is 0.310 e. The number of rotatable bonds is 1. The molecule has 1 N–H and O–H groups in total. The monoisotopic (exact) mass is 209 g/mol. The summed E-state index contributed by atoms with van der Waals surface area (Å²) < 4.78 is 0. The van der Waals surface area contributed by atoms with E-state index in [2.05, 4.69) is 24.4 Å². The van der Waals surface area contributed by atoms with Crippen LogP contribution in [0.1, 0.15) is 31.4 Å². The van der Waals surface area contributed by atoms with E-state index in [1.165, 1.54) is 18.4 Å².